The van der Waals surface area contributed by atoms with E-state index < -0.39 is 0 Å². The van der Waals surface area contributed by atoms with Crippen molar-refractivity contribution in [3.8, 4) is 0 Å². The van der Waals surface area contributed by atoms with Crippen LogP contribution in [-0.2, 0) is 0 Å². The van der Waals surface area contributed by atoms with Crippen LogP contribution < -0.4 is 11.1 Å². The third kappa shape index (κ3) is 2.20. The summed E-state index contributed by atoms with van der Waals surface area (Å²) < 4.78 is 0. The van der Waals surface area contributed by atoms with Crippen molar-refractivity contribution in [1.29, 1.82) is 0 Å². The molecule has 0 aliphatic carbocycles. The molecule has 1 aromatic heterocycles. The van der Waals surface area contributed by atoms with E-state index in [0.717, 1.165) is 23.6 Å². The first-order valence-electron chi connectivity index (χ1n) is 5.26. The van der Waals surface area contributed by atoms with Crippen molar-refractivity contribution in [3.05, 3.63) is 23.4 Å². The molecule has 1 aromatic rings. The molecule has 2 heterocycles. The van der Waals surface area contributed by atoms with Crippen molar-refractivity contribution in [3.63, 3.8) is 0 Å². The van der Waals surface area contributed by atoms with Crippen molar-refractivity contribution in [1.82, 2.24) is 10.3 Å². The highest BCUT2D eigenvalue weighted by Crippen LogP contribution is 2.19. The largest absolute Gasteiger partial charge is 0.383 e. The SMILES string of the molecule is Cc1ccnc(N)c1C(=O)C1CSCCN1. The third-order valence-electron chi connectivity index (χ3n) is 2.67. The first-order chi connectivity index (χ1) is 7.70. The summed E-state index contributed by atoms with van der Waals surface area (Å²) in [5, 5.41) is 3.22. The number of ketones is 1. The van der Waals surface area contributed by atoms with Gasteiger partial charge in [0.25, 0.3) is 0 Å². The highest BCUT2D eigenvalue weighted by molar-refractivity contribution is 7.99. The van der Waals surface area contributed by atoms with Crippen molar-refractivity contribution < 1.29 is 4.79 Å². The van der Waals surface area contributed by atoms with Gasteiger partial charge in [0.1, 0.15) is 5.82 Å². The zero-order valence-corrected chi connectivity index (χ0v) is 10.0. The predicted octanol–water partition coefficient (Wildman–Crippen LogP) is 0.860. The molecule has 1 aliphatic heterocycles. The number of thioether (sulfide) groups is 1. The van der Waals surface area contributed by atoms with Gasteiger partial charge >= 0.3 is 0 Å². The Morgan fingerprint density at radius 1 is 1.69 bits per heavy atom. The fourth-order valence-electron chi connectivity index (χ4n) is 1.81. The molecule has 1 aliphatic rings. The first-order valence-corrected chi connectivity index (χ1v) is 6.42. The number of nitrogen functional groups attached to an aromatic ring is 1. The number of nitrogens with two attached hydrogens (primary N) is 1. The fraction of sp³-hybridized carbons (Fsp3) is 0.455. The minimum Gasteiger partial charge on any atom is -0.383 e. The van der Waals surface area contributed by atoms with E-state index in [0.29, 0.717) is 11.4 Å². The Balaban J connectivity index is 2.26. The quantitative estimate of drug-likeness (QED) is 0.747. The van der Waals surface area contributed by atoms with E-state index in [1.165, 1.54) is 0 Å². The van der Waals surface area contributed by atoms with Crippen LogP contribution in [0.15, 0.2) is 12.3 Å². The molecule has 3 N–H and O–H groups in total. The lowest BCUT2D eigenvalue weighted by Gasteiger charge is -2.22. The second-order valence-corrected chi connectivity index (χ2v) is 4.98. The molecule has 1 unspecified atom stereocenters. The van der Waals surface area contributed by atoms with Gasteiger partial charge in [0.2, 0.25) is 0 Å². The average molecular weight is 237 g/mol. The average Bonchev–Trinajstić information content (AvgIpc) is 2.30. The molecule has 2 rings (SSSR count). The Morgan fingerprint density at radius 3 is 3.12 bits per heavy atom. The molecule has 1 fully saturated rings. The molecule has 0 amide bonds. The standard InChI is InChI=1S/C11H15N3OS/c1-7-2-3-14-11(12)9(7)10(15)8-6-16-5-4-13-8/h2-3,8,13H,4-6H2,1H3,(H2,12,14). The number of nitrogens with zero attached hydrogens (tertiary/aromatic N) is 1. The predicted molar refractivity (Wildman–Crippen MR) is 66.8 cm³/mol. The molecule has 0 spiro atoms. The van der Waals surface area contributed by atoms with Crippen LogP contribution in [0.5, 0.6) is 0 Å². The molecular formula is C11H15N3OS. The molecule has 16 heavy (non-hydrogen) atoms. The Labute approximate surface area is 99.0 Å². The summed E-state index contributed by atoms with van der Waals surface area (Å²) in [5.74, 6) is 2.27. The third-order valence-corrected chi connectivity index (χ3v) is 3.74. The number of carbonyl (C=O) groups is 1. The molecule has 0 saturated carbocycles. The minimum absolute atomic E-state index is 0.0651. The topological polar surface area (TPSA) is 68.0 Å². The lowest BCUT2D eigenvalue weighted by Crippen LogP contribution is -2.43. The van der Waals surface area contributed by atoms with Gasteiger partial charge in [-0.25, -0.2) is 4.98 Å². The summed E-state index contributed by atoms with van der Waals surface area (Å²) in [4.78, 5) is 16.2. The maximum atomic E-state index is 12.2. The highest BCUT2D eigenvalue weighted by Gasteiger charge is 2.25. The van der Waals surface area contributed by atoms with Crippen LogP contribution in [0.4, 0.5) is 5.82 Å². The van der Waals surface area contributed by atoms with Gasteiger partial charge in [0.15, 0.2) is 5.78 Å². The minimum atomic E-state index is -0.121. The number of aromatic nitrogens is 1. The van der Waals surface area contributed by atoms with Gasteiger partial charge in [-0.15, -0.1) is 0 Å². The van der Waals surface area contributed by atoms with Gasteiger partial charge in [-0.3, -0.25) is 4.79 Å². The number of rotatable bonds is 2. The second-order valence-electron chi connectivity index (χ2n) is 3.83. The normalized spacial score (nSPS) is 20.7. The Kier molecular flexibility index (Phi) is 3.46. The summed E-state index contributed by atoms with van der Waals surface area (Å²) >= 11 is 1.79. The van der Waals surface area contributed by atoms with Crippen LogP contribution in [-0.4, -0.2) is 34.9 Å². The van der Waals surface area contributed by atoms with Crippen LogP contribution in [0, 0.1) is 6.92 Å². The van der Waals surface area contributed by atoms with Crippen molar-refractivity contribution >= 4 is 23.4 Å². The number of hydrogen-bond acceptors (Lipinski definition) is 5. The van der Waals surface area contributed by atoms with Gasteiger partial charge in [0.05, 0.1) is 11.6 Å². The number of pyridine rings is 1. The molecule has 4 nitrogen and oxygen atoms in total. The van der Waals surface area contributed by atoms with Crippen LogP contribution in [0.2, 0.25) is 0 Å². The molecule has 5 heteroatoms. The molecule has 1 atom stereocenters. The number of hydrogen-bond donors (Lipinski definition) is 2. The summed E-state index contributed by atoms with van der Waals surface area (Å²) in [7, 11) is 0. The zero-order valence-electron chi connectivity index (χ0n) is 9.19. The van der Waals surface area contributed by atoms with Crippen molar-refractivity contribution in [2.45, 2.75) is 13.0 Å². The number of nitrogens with one attached hydrogen (secondary N) is 1. The smallest absolute Gasteiger partial charge is 0.184 e. The summed E-state index contributed by atoms with van der Waals surface area (Å²) in [5.41, 5.74) is 7.23. The Morgan fingerprint density at radius 2 is 2.50 bits per heavy atom. The molecule has 0 aromatic carbocycles. The molecule has 0 bridgehead atoms. The van der Waals surface area contributed by atoms with E-state index in [-0.39, 0.29) is 11.8 Å². The first kappa shape index (κ1) is 11.4. The van der Waals surface area contributed by atoms with Gasteiger partial charge < -0.3 is 11.1 Å². The maximum absolute atomic E-state index is 12.2. The van der Waals surface area contributed by atoms with Gasteiger partial charge in [-0.2, -0.15) is 11.8 Å². The molecular weight excluding hydrogens is 222 g/mol. The van der Waals surface area contributed by atoms with E-state index >= 15 is 0 Å². The lowest BCUT2D eigenvalue weighted by atomic mass is 10.0. The van der Waals surface area contributed by atoms with Gasteiger partial charge in [-0.1, -0.05) is 0 Å². The van der Waals surface area contributed by atoms with Crippen LogP contribution in [0.1, 0.15) is 15.9 Å². The molecule has 0 radical (unpaired) electrons. The molecule has 1 saturated heterocycles. The van der Waals surface area contributed by atoms with Crippen LogP contribution in [0.25, 0.3) is 0 Å². The van der Waals surface area contributed by atoms with Crippen LogP contribution >= 0.6 is 11.8 Å². The monoisotopic (exact) mass is 237 g/mol. The van der Waals surface area contributed by atoms with E-state index in [1.54, 1.807) is 18.0 Å². The Hall–Kier alpha value is -1.07. The highest BCUT2D eigenvalue weighted by atomic mass is 32.2. The van der Waals surface area contributed by atoms with E-state index in [9.17, 15) is 4.79 Å². The maximum Gasteiger partial charge on any atom is 0.184 e. The number of anilines is 1. The zero-order chi connectivity index (χ0) is 11.5. The van der Waals surface area contributed by atoms with Gasteiger partial charge in [-0.05, 0) is 18.6 Å². The lowest BCUT2D eigenvalue weighted by molar-refractivity contribution is 0.0953. The molecule has 86 valence electrons. The van der Waals surface area contributed by atoms with Crippen molar-refractivity contribution in [2.24, 2.45) is 0 Å². The van der Waals surface area contributed by atoms with Crippen molar-refractivity contribution in [2.75, 3.05) is 23.8 Å². The van der Waals surface area contributed by atoms with Crippen LogP contribution in [0.3, 0.4) is 0 Å². The van der Waals surface area contributed by atoms with E-state index in [4.69, 9.17) is 5.73 Å². The number of carbonyl (C=O) groups excluding carboxylic acids is 1. The van der Waals surface area contributed by atoms with E-state index in [2.05, 4.69) is 10.3 Å². The second kappa shape index (κ2) is 4.84. The van der Waals surface area contributed by atoms with Gasteiger partial charge in [0, 0.05) is 24.2 Å². The number of Topliss-reactive ketones (excluding diaryl/α,β-unsaturated/α-hetero) is 1. The summed E-state index contributed by atoms with van der Waals surface area (Å²) in [6.45, 7) is 2.77. The summed E-state index contributed by atoms with van der Waals surface area (Å²) in [6.07, 6.45) is 1.63. The Bertz CT molecular complexity index is 382. The summed E-state index contributed by atoms with van der Waals surface area (Å²) in [6, 6.07) is 1.70. The fourth-order valence-corrected chi connectivity index (χ4v) is 2.74. The number of aryl methyl sites for hydroxylation is 1. The van der Waals surface area contributed by atoms with E-state index in [1.807, 2.05) is 13.0 Å².